The first-order chi connectivity index (χ1) is 13.6. The second-order valence-electron chi connectivity index (χ2n) is 6.95. The van der Waals surface area contributed by atoms with Gasteiger partial charge in [-0.2, -0.15) is 0 Å². The average molecular weight is 395 g/mol. The van der Waals surface area contributed by atoms with E-state index in [0.717, 1.165) is 35.6 Å². The molecule has 0 aliphatic rings. The Morgan fingerprint density at radius 3 is 2.71 bits per heavy atom. The van der Waals surface area contributed by atoms with E-state index in [1.807, 2.05) is 43.4 Å². The number of nitrogens with zero attached hydrogens (tertiary/aromatic N) is 2. The van der Waals surface area contributed by atoms with E-state index in [0.29, 0.717) is 12.3 Å². The maximum atomic E-state index is 12.3. The molecule has 5 heteroatoms. The molecule has 0 bridgehead atoms. The molecule has 1 aromatic heterocycles. The van der Waals surface area contributed by atoms with E-state index in [1.54, 1.807) is 16.7 Å². The Hall–Kier alpha value is -2.53. The van der Waals surface area contributed by atoms with Crippen LogP contribution in [0.5, 0.6) is 0 Å². The van der Waals surface area contributed by atoms with Crippen LogP contribution >= 0.6 is 11.8 Å². The number of hydrogen-bond donors (Lipinski definition) is 0. The maximum Gasteiger partial charge on any atom is 0.232 e. The van der Waals surface area contributed by atoms with Crippen molar-refractivity contribution in [3.63, 3.8) is 0 Å². The summed E-state index contributed by atoms with van der Waals surface area (Å²) in [6, 6.07) is 20.4. The molecule has 0 spiro atoms. The summed E-state index contributed by atoms with van der Waals surface area (Å²) in [5.74, 6) is 2.39. The first-order valence-corrected chi connectivity index (χ1v) is 10.7. The van der Waals surface area contributed by atoms with Crippen LogP contribution in [0.3, 0.4) is 0 Å². The molecular weight excluding hydrogens is 368 g/mol. The van der Waals surface area contributed by atoms with Gasteiger partial charge in [-0.1, -0.05) is 65.3 Å². The molecule has 0 saturated heterocycles. The molecule has 0 aliphatic carbocycles. The summed E-state index contributed by atoms with van der Waals surface area (Å²) < 4.78 is 5.43. The normalized spacial score (nSPS) is 10.8. The number of rotatable bonds is 9. The average Bonchev–Trinajstić information content (AvgIpc) is 3.17. The quantitative estimate of drug-likeness (QED) is 0.514. The number of benzene rings is 2. The Morgan fingerprint density at radius 1 is 1.11 bits per heavy atom. The van der Waals surface area contributed by atoms with Crippen LogP contribution in [0.2, 0.25) is 0 Å². The summed E-state index contributed by atoms with van der Waals surface area (Å²) in [4.78, 5) is 14.1. The van der Waals surface area contributed by atoms with Crippen molar-refractivity contribution >= 4 is 17.7 Å². The van der Waals surface area contributed by atoms with Crippen molar-refractivity contribution in [2.45, 2.75) is 25.5 Å². The van der Waals surface area contributed by atoms with Crippen LogP contribution in [-0.4, -0.2) is 35.3 Å². The van der Waals surface area contributed by atoms with E-state index < -0.39 is 0 Å². The van der Waals surface area contributed by atoms with E-state index in [9.17, 15) is 4.79 Å². The predicted molar refractivity (Wildman–Crippen MR) is 115 cm³/mol. The third-order valence-electron chi connectivity index (χ3n) is 4.55. The van der Waals surface area contributed by atoms with Crippen LogP contribution in [0.25, 0.3) is 11.3 Å². The van der Waals surface area contributed by atoms with Crippen molar-refractivity contribution in [3.8, 4) is 11.3 Å². The van der Waals surface area contributed by atoms with Crippen molar-refractivity contribution in [1.29, 1.82) is 0 Å². The van der Waals surface area contributed by atoms with E-state index in [1.165, 1.54) is 11.1 Å². The van der Waals surface area contributed by atoms with Crippen molar-refractivity contribution in [2.24, 2.45) is 0 Å². The van der Waals surface area contributed by atoms with Gasteiger partial charge in [0.15, 0.2) is 0 Å². The molecule has 0 atom stereocenters. The van der Waals surface area contributed by atoms with Crippen molar-refractivity contribution < 1.29 is 9.32 Å². The van der Waals surface area contributed by atoms with Crippen LogP contribution in [0.15, 0.2) is 65.2 Å². The van der Waals surface area contributed by atoms with E-state index in [4.69, 9.17) is 4.52 Å². The van der Waals surface area contributed by atoms with E-state index >= 15 is 0 Å². The lowest BCUT2D eigenvalue weighted by atomic mass is 10.1. The van der Waals surface area contributed by atoms with Crippen LogP contribution in [0.1, 0.15) is 23.3 Å². The molecule has 0 saturated carbocycles. The van der Waals surface area contributed by atoms with Crippen molar-refractivity contribution in [2.75, 3.05) is 19.3 Å². The zero-order chi connectivity index (χ0) is 19.8. The number of aromatic nitrogens is 1. The van der Waals surface area contributed by atoms with Gasteiger partial charge in [0.1, 0.15) is 11.5 Å². The molecule has 0 radical (unpaired) electrons. The SMILES string of the molecule is Cc1cccc(CSCC(=O)N(C)CCCc2cc(-c3ccccc3)no2)c1. The molecule has 4 nitrogen and oxygen atoms in total. The van der Waals surface area contributed by atoms with Gasteiger partial charge in [0.2, 0.25) is 5.91 Å². The minimum Gasteiger partial charge on any atom is -0.361 e. The number of carbonyl (C=O) groups excluding carboxylic acids is 1. The monoisotopic (exact) mass is 394 g/mol. The number of amides is 1. The van der Waals surface area contributed by atoms with Gasteiger partial charge in [-0.3, -0.25) is 4.79 Å². The highest BCUT2D eigenvalue weighted by atomic mass is 32.2. The van der Waals surface area contributed by atoms with Crippen LogP contribution in [-0.2, 0) is 17.0 Å². The van der Waals surface area contributed by atoms with Gasteiger partial charge in [0.25, 0.3) is 0 Å². The topological polar surface area (TPSA) is 46.3 Å². The number of carbonyl (C=O) groups is 1. The highest BCUT2D eigenvalue weighted by molar-refractivity contribution is 7.99. The van der Waals surface area contributed by atoms with Gasteiger partial charge in [-0.15, -0.1) is 11.8 Å². The Kier molecular flexibility index (Phi) is 7.31. The van der Waals surface area contributed by atoms with Gasteiger partial charge in [-0.05, 0) is 18.9 Å². The Bertz CT molecular complexity index is 892. The summed E-state index contributed by atoms with van der Waals surface area (Å²) in [6.07, 6.45) is 1.63. The second-order valence-corrected chi connectivity index (χ2v) is 7.93. The minimum atomic E-state index is 0.167. The lowest BCUT2D eigenvalue weighted by Crippen LogP contribution is -2.29. The maximum absolute atomic E-state index is 12.3. The lowest BCUT2D eigenvalue weighted by Gasteiger charge is -2.16. The molecule has 3 aromatic rings. The Morgan fingerprint density at radius 2 is 1.93 bits per heavy atom. The van der Waals surface area contributed by atoms with E-state index in [-0.39, 0.29) is 5.91 Å². The highest BCUT2D eigenvalue weighted by Crippen LogP contribution is 2.19. The first kappa shape index (κ1) is 20.2. The van der Waals surface area contributed by atoms with E-state index in [2.05, 4.69) is 36.3 Å². The largest absolute Gasteiger partial charge is 0.361 e. The highest BCUT2D eigenvalue weighted by Gasteiger charge is 2.10. The summed E-state index contributed by atoms with van der Waals surface area (Å²) in [6.45, 7) is 2.80. The molecule has 146 valence electrons. The molecule has 28 heavy (non-hydrogen) atoms. The molecule has 1 amide bonds. The fourth-order valence-electron chi connectivity index (χ4n) is 2.96. The first-order valence-electron chi connectivity index (χ1n) is 9.50. The van der Waals surface area contributed by atoms with Crippen molar-refractivity contribution in [1.82, 2.24) is 10.1 Å². The van der Waals surface area contributed by atoms with Gasteiger partial charge < -0.3 is 9.42 Å². The van der Waals surface area contributed by atoms with Crippen LogP contribution in [0.4, 0.5) is 0 Å². The molecule has 1 heterocycles. The molecule has 3 rings (SSSR count). The zero-order valence-electron chi connectivity index (χ0n) is 16.4. The lowest BCUT2D eigenvalue weighted by molar-refractivity contribution is -0.127. The molecule has 0 aliphatic heterocycles. The summed E-state index contributed by atoms with van der Waals surface area (Å²) in [5, 5.41) is 4.14. The third kappa shape index (κ3) is 5.99. The standard InChI is InChI=1S/C23H26N2O2S/c1-18-8-6-9-19(14-18)16-28-17-23(26)25(2)13-7-12-21-15-22(24-27-21)20-10-4-3-5-11-20/h3-6,8-11,14-15H,7,12-13,16-17H2,1-2H3. The smallest absolute Gasteiger partial charge is 0.232 e. The Balaban J connectivity index is 1.37. The molecular formula is C23H26N2O2S. The van der Waals surface area contributed by atoms with Gasteiger partial charge >= 0.3 is 0 Å². The van der Waals surface area contributed by atoms with Crippen LogP contribution in [0, 0.1) is 6.92 Å². The summed E-state index contributed by atoms with van der Waals surface area (Å²) in [5.41, 5.74) is 4.42. The second kappa shape index (κ2) is 10.1. The number of hydrogen-bond acceptors (Lipinski definition) is 4. The molecule has 0 unspecified atom stereocenters. The predicted octanol–water partition coefficient (Wildman–Crippen LogP) is 4.97. The minimum absolute atomic E-state index is 0.167. The fourth-order valence-corrected chi connectivity index (χ4v) is 3.87. The fraction of sp³-hybridized carbons (Fsp3) is 0.304. The summed E-state index contributed by atoms with van der Waals surface area (Å²) >= 11 is 1.66. The molecule has 0 fully saturated rings. The van der Waals surface area contributed by atoms with Gasteiger partial charge in [0.05, 0.1) is 5.75 Å². The molecule has 0 N–H and O–H groups in total. The van der Waals surface area contributed by atoms with Gasteiger partial charge in [0, 0.05) is 37.4 Å². The molecule has 2 aromatic carbocycles. The van der Waals surface area contributed by atoms with Crippen LogP contribution < -0.4 is 0 Å². The zero-order valence-corrected chi connectivity index (χ0v) is 17.2. The number of aryl methyl sites for hydroxylation is 2. The Labute approximate surface area is 170 Å². The third-order valence-corrected chi connectivity index (χ3v) is 5.54. The van der Waals surface area contributed by atoms with Gasteiger partial charge in [-0.25, -0.2) is 0 Å². The van der Waals surface area contributed by atoms with Crippen molar-refractivity contribution in [3.05, 3.63) is 77.6 Å². The summed E-state index contributed by atoms with van der Waals surface area (Å²) in [7, 11) is 1.87. The number of thioether (sulfide) groups is 1.